The smallest absolute Gasteiger partial charge is 0.167 e. The van der Waals surface area contributed by atoms with Crippen molar-refractivity contribution >= 4 is 17.0 Å². The monoisotopic (exact) mass is 441 g/mol. The molecule has 5 unspecified atom stereocenters. The molecule has 1 saturated heterocycles. The van der Waals surface area contributed by atoms with E-state index in [1.54, 1.807) is 4.57 Å². The van der Waals surface area contributed by atoms with Gasteiger partial charge in [0.1, 0.15) is 30.4 Å². The molecule has 1 fully saturated rings. The lowest BCUT2D eigenvalue weighted by molar-refractivity contribution is -0.0511. The molecule has 1 aromatic carbocycles. The second-order valence-corrected chi connectivity index (χ2v) is 8.16. The fourth-order valence-electron chi connectivity index (χ4n) is 4.60. The molecule has 3 heterocycles. The first kappa shape index (κ1) is 21.1. The Balaban J connectivity index is 1.46. The van der Waals surface area contributed by atoms with Gasteiger partial charge in [0, 0.05) is 0 Å². The molecule has 10 nitrogen and oxygen atoms in total. The highest BCUT2D eigenvalue weighted by molar-refractivity contribution is 5.83. The first-order valence-electron chi connectivity index (χ1n) is 10.9. The number of anilines is 1. The number of aliphatic hydroxyl groups excluding tert-OH is 3. The number of nitrogens with one attached hydrogen (secondary N) is 1. The van der Waals surface area contributed by atoms with Gasteiger partial charge >= 0.3 is 0 Å². The summed E-state index contributed by atoms with van der Waals surface area (Å²) in [7, 11) is 0. The molecule has 32 heavy (non-hydrogen) atoms. The quantitative estimate of drug-likeness (QED) is 0.447. The summed E-state index contributed by atoms with van der Waals surface area (Å²) in [6.07, 6.45) is 1.80. The van der Waals surface area contributed by atoms with Gasteiger partial charge in [-0.2, -0.15) is 0 Å². The summed E-state index contributed by atoms with van der Waals surface area (Å²) in [6, 6.07) is 6.28. The molecule has 2 aromatic heterocycles. The average molecular weight is 441 g/mol. The standard InChI is InChI=1S/C22H27N5O5/c1-2-31-13-7-6-12-4-3-5-15(14(12)8-13)26-20-17-21(24-10-23-20)27(11-25-17)22-19(30)18(29)16(9-28)32-22/h6-8,10-11,15-16,18-19,22,28-30H,2-5,9H2,1H3,(H,23,24,26). The molecule has 0 saturated carbocycles. The number of nitrogens with zero attached hydrogens (tertiary/aromatic N) is 4. The highest BCUT2D eigenvalue weighted by Crippen LogP contribution is 2.36. The van der Waals surface area contributed by atoms with E-state index in [4.69, 9.17) is 9.47 Å². The molecule has 0 radical (unpaired) electrons. The molecule has 10 heteroatoms. The van der Waals surface area contributed by atoms with Gasteiger partial charge in [-0.05, 0) is 49.4 Å². The fraction of sp³-hybridized carbons (Fsp3) is 0.500. The van der Waals surface area contributed by atoms with Gasteiger partial charge in [0.05, 0.1) is 25.6 Å². The molecule has 170 valence electrons. The Bertz CT molecular complexity index is 1110. The first-order chi connectivity index (χ1) is 15.6. The zero-order chi connectivity index (χ0) is 22.2. The summed E-state index contributed by atoms with van der Waals surface area (Å²) < 4.78 is 12.9. The predicted molar refractivity (Wildman–Crippen MR) is 115 cm³/mol. The van der Waals surface area contributed by atoms with Crippen LogP contribution >= 0.6 is 0 Å². The molecule has 1 aliphatic heterocycles. The molecule has 4 N–H and O–H groups in total. The third-order valence-corrected chi connectivity index (χ3v) is 6.20. The topological polar surface area (TPSA) is 135 Å². The summed E-state index contributed by atoms with van der Waals surface area (Å²) in [5.41, 5.74) is 3.49. The number of hydrogen-bond donors (Lipinski definition) is 4. The Kier molecular flexibility index (Phi) is 5.68. The third kappa shape index (κ3) is 3.58. The Hall–Kier alpha value is -2.79. The molecule has 2 aliphatic rings. The summed E-state index contributed by atoms with van der Waals surface area (Å²) in [5.74, 6) is 1.43. The zero-order valence-electron chi connectivity index (χ0n) is 17.8. The number of fused-ring (bicyclic) bond motifs is 2. The van der Waals surface area contributed by atoms with Crippen molar-refractivity contribution in [3.63, 3.8) is 0 Å². The van der Waals surface area contributed by atoms with E-state index in [9.17, 15) is 15.3 Å². The van der Waals surface area contributed by atoms with Crippen LogP contribution in [-0.4, -0.2) is 66.4 Å². The van der Waals surface area contributed by atoms with Gasteiger partial charge in [0.25, 0.3) is 0 Å². The van der Waals surface area contributed by atoms with Crippen molar-refractivity contribution in [1.82, 2.24) is 19.5 Å². The minimum absolute atomic E-state index is 0.0521. The molecule has 0 spiro atoms. The Morgan fingerprint density at radius 2 is 2.09 bits per heavy atom. The zero-order valence-corrected chi connectivity index (χ0v) is 17.8. The van der Waals surface area contributed by atoms with Gasteiger partial charge in [-0.25, -0.2) is 15.0 Å². The average Bonchev–Trinajstić information content (AvgIpc) is 3.36. The van der Waals surface area contributed by atoms with E-state index in [-0.39, 0.29) is 6.04 Å². The molecule has 0 bridgehead atoms. The summed E-state index contributed by atoms with van der Waals surface area (Å²) >= 11 is 0. The number of rotatable bonds is 6. The number of imidazole rings is 1. The van der Waals surface area contributed by atoms with Crippen LogP contribution in [0, 0.1) is 0 Å². The van der Waals surface area contributed by atoms with Crippen LogP contribution < -0.4 is 10.1 Å². The largest absolute Gasteiger partial charge is 0.494 e. The van der Waals surface area contributed by atoms with E-state index in [1.165, 1.54) is 23.8 Å². The second kappa shape index (κ2) is 8.62. The Labute approximate surface area is 184 Å². The van der Waals surface area contributed by atoms with Crippen LogP contribution in [0.2, 0.25) is 0 Å². The normalized spacial score (nSPS) is 27.4. The maximum absolute atomic E-state index is 10.4. The van der Waals surface area contributed by atoms with Gasteiger partial charge in [-0.15, -0.1) is 0 Å². The van der Waals surface area contributed by atoms with Crippen molar-refractivity contribution < 1.29 is 24.8 Å². The van der Waals surface area contributed by atoms with Gasteiger partial charge in [0.2, 0.25) is 0 Å². The van der Waals surface area contributed by atoms with Crippen LogP contribution in [0.3, 0.4) is 0 Å². The lowest BCUT2D eigenvalue weighted by Crippen LogP contribution is -2.33. The minimum atomic E-state index is -1.21. The van der Waals surface area contributed by atoms with Crippen LogP contribution in [0.1, 0.15) is 43.2 Å². The van der Waals surface area contributed by atoms with Gasteiger partial charge in [0.15, 0.2) is 23.2 Å². The van der Waals surface area contributed by atoms with Crippen LogP contribution in [0.25, 0.3) is 11.2 Å². The van der Waals surface area contributed by atoms with Gasteiger partial charge in [-0.1, -0.05) is 6.07 Å². The highest BCUT2D eigenvalue weighted by Gasteiger charge is 2.44. The maximum Gasteiger partial charge on any atom is 0.167 e. The third-order valence-electron chi connectivity index (χ3n) is 6.20. The molecule has 0 amide bonds. The van der Waals surface area contributed by atoms with Gasteiger partial charge in [-0.3, -0.25) is 4.57 Å². The lowest BCUT2D eigenvalue weighted by Gasteiger charge is -2.27. The van der Waals surface area contributed by atoms with E-state index in [0.717, 1.165) is 25.0 Å². The van der Waals surface area contributed by atoms with Crippen molar-refractivity contribution in [2.45, 2.75) is 56.8 Å². The van der Waals surface area contributed by atoms with E-state index in [0.29, 0.717) is 23.6 Å². The maximum atomic E-state index is 10.4. The van der Waals surface area contributed by atoms with Crippen LogP contribution in [-0.2, 0) is 11.2 Å². The molecule has 5 rings (SSSR count). The summed E-state index contributed by atoms with van der Waals surface area (Å²) in [6.45, 7) is 2.19. The molecule has 3 aromatic rings. The number of hydrogen-bond acceptors (Lipinski definition) is 9. The second-order valence-electron chi connectivity index (χ2n) is 8.16. The van der Waals surface area contributed by atoms with E-state index in [1.807, 2.05) is 13.0 Å². The molecule has 1 aliphatic carbocycles. The lowest BCUT2D eigenvalue weighted by atomic mass is 9.87. The van der Waals surface area contributed by atoms with E-state index < -0.39 is 31.1 Å². The SMILES string of the molecule is CCOc1ccc2c(c1)C(Nc1ncnc3c1ncn3C1OC(CO)C(O)C1O)CCC2. The molecular formula is C22H27N5O5. The van der Waals surface area contributed by atoms with Gasteiger partial charge < -0.3 is 30.1 Å². The Morgan fingerprint density at radius 3 is 2.88 bits per heavy atom. The predicted octanol–water partition coefficient (Wildman–Crippen LogP) is 1.33. The van der Waals surface area contributed by atoms with Crippen LogP contribution in [0.5, 0.6) is 5.75 Å². The minimum Gasteiger partial charge on any atom is -0.494 e. The van der Waals surface area contributed by atoms with Crippen molar-refractivity contribution in [3.05, 3.63) is 42.0 Å². The summed E-state index contributed by atoms with van der Waals surface area (Å²) in [5, 5.41) is 33.4. The number of ether oxygens (including phenoxy) is 2. The van der Waals surface area contributed by atoms with Crippen molar-refractivity contribution in [1.29, 1.82) is 0 Å². The van der Waals surface area contributed by atoms with Crippen LogP contribution in [0.4, 0.5) is 5.82 Å². The highest BCUT2D eigenvalue weighted by atomic mass is 16.6. The van der Waals surface area contributed by atoms with Crippen LogP contribution in [0.15, 0.2) is 30.9 Å². The van der Waals surface area contributed by atoms with E-state index >= 15 is 0 Å². The fourth-order valence-corrected chi connectivity index (χ4v) is 4.60. The summed E-state index contributed by atoms with van der Waals surface area (Å²) in [4.78, 5) is 13.2. The Morgan fingerprint density at radius 1 is 1.22 bits per heavy atom. The van der Waals surface area contributed by atoms with E-state index in [2.05, 4.69) is 32.4 Å². The number of aryl methyl sites for hydroxylation is 1. The van der Waals surface area contributed by atoms with Crippen molar-refractivity contribution in [3.8, 4) is 5.75 Å². The number of aromatic nitrogens is 4. The molecule has 5 atom stereocenters. The molecular weight excluding hydrogens is 414 g/mol. The number of benzene rings is 1. The van der Waals surface area contributed by atoms with Crippen molar-refractivity contribution in [2.24, 2.45) is 0 Å². The van der Waals surface area contributed by atoms with Crippen molar-refractivity contribution in [2.75, 3.05) is 18.5 Å². The number of aliphatic hydroxyl groups is 3. The first-order valence-corrected chi connectivity index (χ1v) is 10.9.